The first-order valence-corrected chi connectivity index (χ1v) is 8.94. The van der Waals surface area contributed by atoms with Gasteiger partial charge in [0.05, 0.1) is 16.3 Å². The second kappa shape index (κ2) is 6.32. The van der Waals surface area contributed by atoms with Crippen molar-refractivity contribution >= 4 is 39.7 Å². The van der Waals surface area contributed by atoms with Gasteiger partial charge in [0.25, 0.3) is 0 Å². The summed E-state index contributed by atoms with van der Waals surface area (Å²) in [5, 5.41) is 9.95. The second-order valence-electron chi connectivity index (χ2n) is 6.21. The molecule has 0 fully saturated rings. The number of benzene rings is 2. The molecular weight excluding hydrogens is 324 g/mol. The quantitative estimate of drug-likeness (QED) is 0.556. The second-order valence-corrected chi connectivity index (χ2v) is 7.09. The van der Waals surface area contributed by atoms with Gasteiger partial charge in [-0.25, -0.2) is 4.79 Å². The molecule has 0 aliphatic heterocycles. The summed E-state index contributed by atoms with van der Waals surface area (Å²) >= 11 is 1.57. The van der Waals surface area contributed by atoms with Crippen molar-refractivity contribution in [2.24, 2.45) is 5.92 Å². The summed E-state index contributed by atoms with van der Waals surface area (Å²) in [6.45, 7) is 4.24. The van der Waals surface area contributed by atoms with Crippen molar-refractivity contribution in [3.8, 4) is 0 Å². The molecule has 0 saturated carbocycles. The predicted octanol–water partition coefficient (Wildman–Crippen LogP) is 4.56. The average Bonchev–Trinajstić information content (AvgIpc) is 2.54. The molecule has 3 aromatic rings. The van der Waals surface area contributed by atoms with Crippen LogP contribution in [0, 0.1) is 5.92 Å². The maximum atomic E-state index is 12.9. The molecule has 0 unspecified atom stereocenters. The lowest BCUT2D eigenvalue weighted by molar-refractivity contribution is 0.0697. The highest BCUT2D eigenvalue weighted by molar-refractivity contribution is 7.98. The largest absolute Gasteiger partial charge is 0.478 e. The van der Waals surface area contributed by atoms with Gasteiger partial charge in [-0.1, -0.05) is 13.8 Å². The van der Waals surface area contributed by atoms with Crippen molar-refractivity contribution in [2.75, 3.05) is 6.26 Å². The molecule has 0 aliphatic carbocycles. The number of hydrogen-bond donors (Lipinski definition) is 1. The normalized spacial score (nSPS) is 11.5. The van der Waals surface area contributed by atoms with Crippen LogP contribution in [0.4, 0.5) is 0 Å². The summed E-state index contributed by atoms with van der Waals surface area (Å²) in [5.41, 5.74) is 1.92. The van der Waals surface area contributed by atoms with Crippen LogP contribution in [-0.2, 0) is 6.42 Å². The fourth-order valence-corrected chi connectivity index (χ4v) is 3.34. The summed E-state index contributed by atoms with van der Waals surface area (Å²) in [5.74, 6) is -0.629. The van der Waals surface area contributed by atoms with Crippen LogP contribution < -0.4 is 5.43 Å². The van der Waals surface area contributed by atoms with Crippen LogP contribution in [0.5, 0.6) is 0 Å². The summed E-state index contributed by atoms with van der Waals surface area (Å²) < 4.78 is 5.99. The Bertz CT molecular complexity index is 1000. The van der Waals surface area contributed by atoms with Gasteiger partial charge < -0.3 is 9.52 Å². The fourth-order valence-electron chi connectivity index (χ4n) is 2.84. The van der Waals surface area contributed by atoms with E-state index in [1.54, 1.807) is 17.8 Å². The number of aromatic carboxylic acids is 1. The highest BCUT2D eigenvalue weighted by Crippen LogP contribution is 2.29. The molecule has 0 bridgehead atoms. The van der Waals surface area contributed by atoms with E-state index in [-0.39, 0.29) is 11.0 Å². The van der Waals surface area contributed by atoms with Gasteiger partial charge in [0.15, 0.2) is 0 Å². The first-order valence-electron chi connectivity index (χ1n) is 7.71. The molecule has 1 N–H and O–H groups in total. The molecule has 1 heterocycles. The summed E-state index contributed by atoms with van der Waals surface area (Å²) in [6.07, 6.45) is 2.78. The Balaban J connectivity index is 2.40. The lowest BCUT2D eigenvalue weighted by Crippen LogP contribution is -2.07. The van der Waals surface area contributed by atoms with Gasteiger partial charge in [-0.15, -0.1) is 11.8 Å². The van der Waals surface area contributed by atoms with Crippen LogP contribution in [0.2, 0.25) is 0 Å². The predicted molar refractivity (Wildman–Crippen MR) is 97.3 cm³/mol. The lowest BCUT2D eigenvalue weighted by Gasteiger charge is -2.11. The fraction of sp³-hybridized carbons (Fsp3) is 0.263. The lowest BCUT2D eigenvalue weighted by atomic mass is 9.99. The van der Waals surface area contributed by atoms with Crippen molar-refractivity contribution in [1.29, 1.82) is 0 Å². The molecule has 0 radical (unpaired) electrons. The Morgan fingerprint density at radius 2 is 1.96 bits per heavy atom. The van der Waals surface area contributed by atoms with Crippen molar-refractivity contribution in [3.63, 3.8) is 0 Å². The average molecular weight is 342 g/mol. The number of fused-ring (bicyclic) bond motifs is 2. The van der Waals surface area contributed by atoms with Crippen molar-refractivity contribution in [1.82, 2.24) is 0 Å². The topological polar surface area (TPSA) is 67.5 Å². The monoisotopic (exact) mass is 342 g/mol. The number of carboxylic acids is 1. The highest BCUT2D eigenvalue weighted by Gasteiger charge is 2.15. The smallest absolute Gasteiger partial charge is 0.335 e. The molecule has 124 valence electrons. The standard InChI is InChI=1S/C19H18O4S/c1-10(2)6-12-7-13(24-3)9-15-17(20)14-8-11(19(21)22)4-5-16(14)23-18(12)15/h4-5,7-10H,6H2,1-3H3,(H,21,22). The van der Waals surface area contributed by atoms with Gasteiger partial charge in [0.1, 0.15) is 11.2 Å². The first kappa shape index (κ1) is 16.6. The van der Waals surface area contributed by atoms with Crippen LogP contribution in [0.3, 0.4) is 0 Å². The van der Waals surface area contributed by atoms with Crippen LogP contribution >= 0.6 is 11.8 Å². The Hall–Kier alpha value is -2.27. The van der Waals surface area contributed by atoms with Crippen LogP contribution in [0.15, 0.2) is 44.4 Å². The minimum absolute atomic E-state index is 0.0811. The number of carboxylic acid groups (broad SMARTS) is 1. The summed E-state index contributed by atoms with van der Waals surface area (Å²) in [4.78, 5) is 25.1. The Morgan fingerprint density at radius 1 is 1.21 bits per heavy atom. The van der Waals surface area contributed by atoms with Crippen LogP contribution in [-0.4, -0.2) is 17.3 Å². The summed E-state index contributed by atoms with van der Waals surface area (Å²) in [6, 6.07) is 8.28. The molecule has 4 nitrogen and oxygen atoms in total. The molecule has 0 spiro atoms. The molecule has 0 amide bonds. The summed E-state index contributed by atoms with van der Waals surface area (Å²) in [7, 11) is 0. The van der Waals surface area contributed by atoms with Crippen LogP contribution in [0.1, 0.15) is 29.8 Å². The zero-order valence-electron chi connectivity index (χ0n) is 13.8. The number of carbonyl (C=O) groups is 1. The first-order chi connectivity index (χ1) is 11.4. The van der Waals surface area contributed by atoms with E-state index in [1.807, 2.05) is 12.3 Å². The highest BCUT2D eigenvalue weighted by atomic mass is 32.2. The molecule has 1 aromatic heterocycles. The number of hydrogen-bond acceptors (Lipinski definition) is 4. The third-order valence-electron chi connectivity index (χ3n) is 3.93. The Kier molecular flexibility index (Phi) is 4.37. The molecular formula is C19H18O4S. The van der Waals surface area contributed by atoms with E-state index >= 15 is 0 Å². The van der Waals surface area contributed by atoms with Crippen LogP contribution in [0.25, 0.3) is 21.9 Å². The molecule has 0 atom stereocenters. The molecule has 0 aliphatic rings. The molecule has 5 heteroatoms. The van der Waals surface area contributed by atoms with Crippen molar-refractivity contribution in [3.05, 3.63) is 51.7 Å². The third-order valence-corrected chi connectivity index (χ3v) is 4.64. The minimum Gasteiger partial charge on any atom is -0.478 e. The van der Waals surface area contributed by atoms with Gasteiger partial charge in [-0.05, 0) is 54.5 Å². The van der Waals surface area contributed by atoms with E-state index in [9.17, 15) is 9.59 Å². The van der Waals surface area contributed by atoms with Gasteiger partial charge >= 0.3 is 5.97 Å². The van der Waals surface area contributed by atoms with E-state index in [1.165, 1.54) is 12.1 Å². The number of thioether (sulfide) groups is 1. The minimum atomic E-state index is -1.06. The van der Waals surface area contributed by atoms with Gasteiger partial charge in [0, 0.05) is 4.90 Å². The zero-order chi connectivity index (χ0) is 17.4. The van der Waals surface area contributed by atoms with E-state index in [0.717, 1.165) is 16.9 Å². The Morgan fingerprint density at radius 3 is 2.58 bits per heavy atom. The third kappa shape index (κ3) is 2.91. The van der Waals surface area contributed by atoms with E-state index in [4.69, 9.17) is 9.52 Å². The number of rotatable bonds is 4. The van der Waals surface area contributed by atoms with E-state index < -0.39 is 5.97 Å². The van der Waals surface area contributed by atoms with Gasteiger partial charge in [-0.2, -0.15) is 0 Å². The SMILES string of the molecule is CSc1cc(CC(C)C)c2oc3ccc(C(=O)O)cc3c(=O)c2c1. The van der Waals surface area contributed by atoms with Gasteiger partial charge in [-0.3, -0.25) is 4.79 Å². The zero-order valence-corrected chi connectivity index (χ0v) is 14.6. The molecule has 0 saturated heterocycles. The van der Waals surface area contributed by atoms with Gasteiger partial charge in [0.2, 0.25) is 5.43 Å². The molecule has 24 heavy (non-hydrogen) atoms. The molecule has 3 rings (SSSR count). The van der Waals surface area contributed by atoms with Crippen molar-refractivity contribution < 1.29 is 14.3 Å². The van der Waals surface area contributed by atoms with E-state index in [2.05, 4.69) is 19.9 Å². The maximum Gasteiger partial charge on any atom is 0.335 e. The van der Waals surface area contributed by atoms with Crippen molar-refractivity contribution in [2.45, 2.75) is 25.2 Å². The van der Waals surface area contributed by atoms with E-state index in [0.29, 0.717) is 27.9 Å². The Labute approximate surface area is 143 Å². The maximum absolute atomic E-state index is 12.9. The molecule has 2 aromatic carbocycles.